The van der Waals surface area contributed by atoms with Gasteiger partial charge in [0.1, 0.15) is 6.04 Å². The predicted octanol–water partition coefficient (Wildman–Crippen LogP) is 4.64. The number of nitrogens with one attached hydrogen (secondary N) is 2. The van der Waals surface area contributed by atoms with Crippen molar-refractivity contribution in [1.82, 2.24) is 14.9 Å². The van der Waals surface area contributed by atoms with E-state index in [0.29, 0.717) is 23.6 Å². The van der Waals surface area contributed by atoms with Crippen LogP contribution in [0, 0.1) is 0 Å². The molecule has 0 fully saturated rings. The minimum Gasteiger partial charge on any atom is -0.351 e. The Bertz CT molecular complexity index is 1330. The average Bonchev–Trinajstić information content (AvgIpc) is 2.92. The van der Waals surface area contributed by atoms with Crippen molar-refractivity contribution in [2.24, 2.45) is 0 Å². The summed E-state index contributed by atoms with van der Waals surface area (Å²) < 4.78 is 26.9. The maximum Gasteiger partial charge on any atom is 0.247 e. The zero-order chi connectivity index (χ0) is 27.5. The first-order valence-corrected chi connectivity index (χ1v) is 14.2. The van der Waals surface area contributed by atoms with E-state index in [0.717, 1.165) is 11.1 Å². The van der Waals surface area contributed by atoms with Gasteiger partial charge in [-0.2, -0.15) is 0 Å². The van der Waals surface area contributed by atoms with Crippen LogP contribution < -0.4 is 10.0 Å². The fourth-order valence-corrected chi connectivity index (χ4v) is 5.16. The molecule has 3 aromatic rings. The molecule has 0 radical (unpaired) electrons. The monoisotopic (exact) mass is 553 g/mol. The van der Waals surface area contributed by atoms with E-state index in [1.807, 2.05) is 42.5 Å². The van der Waals surface area contributed by atoms with Crippen LogP contribution in [0.25, 0.3) is 0 Å². The fraction of sp³-hybridized carbons (Fsp3) is 0.241. The van der Waals surface area contributed by atoms with Gasteiger partial charge in [-0.25, -0.2) is 13.1 Å². The van der Waals surface area contributed by atoms with Crippen molar-refractivity contribution >= 4 is 33.4 Å². The van der Waals surface area contributed by atoms with Crippen molar-refractivity contribution in [3.63, 3.8) is 0 Å². The van der Waals surface area contributed by atoms with E-state index in [2.05, 4.69) is 16.6 Å². The van der Waals surface area contributed by atoms with Gasteiger partial charge in [-0.1, -0.05) is 79.2 Å². The lowest BCUT2D eigenvalue weighted by atomic mass is 10.0. The highest BCUT2D eigenvalue weighted by Crippen LogP contribution is 2.26. The van der Waals surface area contributed by atoms with Gasteiger partial charge in [0.2, 0.25) is 21.8 Å². The normalized spacial score (nSPS) is 11.9. The molecule has 3 aromatic carbocycles. The molecule has 7 nitrogen and oxygen atoms in total. The second-order valence-corrected chi connectivity index (χ2v) is 10.8. The highest BCUT2D eigenvalue weighted by Gasteiger charge is 2.31. The number of hydrogen-bond acceptors (Lipinski definition) is 4. The summed E-state index contributed by atoms with van der Waals surface area (Å²) in [6, 6.07) is 21.9. The Morgan fingerprint density at radius 3 is 2.21 bits per heavy atom. The van der Waals surface area contributed by atoms with E-state index in [1.54, 1.807) is 42.2 Å². The number of halogens is 1. The topological polar surface area (TPSA) is 95.6 Å². The van der Waals surface area contributed by atoms with Crippen LogP contribution in [-0.2, 0) is 32.6 Å². The highest BCUT2D eigenvalue weighted by atomic mass is 35.5. The maximum atomic E-state index is 13.7. The summed E-state index contributed by atoms with van der Waals surface area (Å²) in [6.45, 7) is 6.15. The molecule has 0 unspecified atom stereocenters. The van der Waals surface area contributed by atoms with E-state index in [1.165, 1.54) is 12.1 Å². The molecule has 0 spiro atoms. The van der Waals surface area contributed by atoms with E-state index in [4.69, 9.17) is 11.6 Å². The minimum atomic E-state index is -3.55. The molecule has 3 rings (SSSR count). The van der Waals surface area contributed by atoms with Gasteiger partial charge in [0.15, 0.2) is 0 Å². The average molecular weight is 554 g/mol. The van der Waals surface area contributed by atoms with Crippen molar-refractivity contribution in [2.45, 2.75) is 37.2 Å². The number of amides is 2. The first kappa shape index (κ1) is 29.1. The first-order chi connectivity index (χ1) is 18.2. The lowest BCUT2D eigenvalue weighted by Gasteiger charge is -2.31. The zero-order valence-corrected chi connectivity index (χ0v) is 22.8. The lowest BCUT2D eigenvalue weighted by Crippen LogP contribution is -2.43. The van der Waals surface area contributed by atoms with Gasteiger partial charge >= 0.3 is 0 Å². The van der Waals surface area contributed by atoms with Crippen LogP contribution in [0.4, 0.5) is 0 Å². The van der Waals surface area contributed by atoms with Gasteiger partial charge in [0.25, 0.3) is 0 Å². The third kappa shape index (κ3) is 8.02. The summed E-state index contributed by atoms with van der Waals surface area (Å²) in [7, 11) is -3.55. The molecule has 9 heteroatoms. The third-order valence-corrected chi connectivity index (χ3v) is 7.69. The summed E-state index contributed by atoms with van der Waals surface area (Å²) in [5.74, 6) is -0.525. The summed E-state index contributed by atoms with van der Waals surface area (Å²) in [6.07, 6.45) is 2.10. The smallest absolute Gasteiger partial charge is 0.247 e. The molecular formula is C29H32ClN3O4S. The van der Waals surface area contributed by atoms with Crippen molar-refractivity contribution in [2.75, 3.05) is 13.1 Å². The second kappa shape index (κ2) is 13.9. The van der Waals surface area contributed by atoms with Crippen LogP contribution in [-0.4, -0.2) is 38.2 Å². The van der Waals surface area contributed by atoms with Crippen LogP contribution in [0.1, 0.15) is 36.1 Å². The summed E-state index contributed by atoms with van der Waals surface area (Å²) >= 11 is 6.06. The van der Waals surface area contributed by atoms with Crippen LogP contribution in [0.15, 0.2) is 96.4 Å². The number of aryl methyl sites for hydroxylation is 1. The number of carbonyl (C=O) groups is 2. The molecular weight excluding hydrogens is 522 g/mol. The predicted molar refractivity (Wildman–Crippen MR) is 150 cm³/mol. The van der Waals surface area contributed by atoms with E-state index >= 15 is 0 Å². The molecule has 0 aliphatic heterocycles. The Morgan fingerprint density at radius 2 is 1.61 bits per heavy atom. The fourth-order valence-electron chi connectivity index (χ4n) is 3.99. The molecule has 0 bridgehead atoms. The van der Waals surface area contributed by atoms with Gasteiger partial charge in [-0.15, -0.1) is 6.58 Å². The molecule has 0 aliphatic carbocycles. The van der Waals surface area contributed by atoms with Crippen molar-refractivity contribution in [1.29, 1.82) is 0 Å². The van der Waals surface area contributed by atoms with Gasteiger partial charge < -0.3 is 10.2 Å². The first-order valence-electron chi connectivity index (χ1n) is 12.3. The highest BCUT2D eigenvalue weighted by molar-refractivity contribution is 7.89. The van der Waals surface area contributed by atoms with E-state index in [9.17, 15) is 18.0 Å². The number of rotatable bonds is 13. The van der Waals surface area contributed by atoms with Crippen LogP contribution in [0.3, 0.4) is 0 Å². The maximum absolute atomic E-state index is 13.7. The molecule has 1 atom stereocenters. The molecule has 2 N–H and O–H groups in total. The number of carbonyl (C=O) groups excluding carboxylic acids is 2. The Balaban J connectivity index is 1.87. The number of sulfonamides is 1. The molecule has 0 saturated carbocycles. The molecule has 0 aromatic heterocycles. The van der Waals surface area contributed by atoms with Crippen molar-refractivity contribution in [3.05, 3.63) is 113 Å². The van der Waals surface area contributed by atoms with E-state index in [-0.39, 0.29) is 36.2 Å². The number of nitrogens with zero attached hydrogens (tertiary/aromatic N) is 1. The van der Waals surface area contributed by atoms with Crippen molar-refractivity contribution < 1.29 is 18.0 Å². The molecule has 200 valence electrons. The largest absolute Gasteiger partial charge is 0.351 e. The molecule has 0 saturated heterocycles. The van der Waals surface area contributed by atoms with Crippen LogP contribution >= 0.6 is 11.6 Å². The van der Waals surface area contributed by atoms with Gasteiger partial charge in [0, 0.05) is 31.1 Å². The molecule has 0 heterocycles. The Labute approximate surface area is 229 Å². The Morgan fingerprint density at radius 1 is 0.974 bits per heavy atom. The Kier molecular flexibility index (Phi) is 10.6. The third-order valence-electron chi connectivity index (χ3n) is 5.88. The lowest BCUT2D eigenvalue weighted by molar-refractivity contribution is -0.141. The van der Waals surface area contributed by atoms with Crippen LogP contribution in [0.5, 0.6) is 0 Å². The number of benzene rings is 3. The minimum absolute atomic E-state index is 0.130. The van der Waals surface area contributed by atoms with Gasteiger partial charge in [-0.3, -0.25) is 9.59 Å². The summed E-state index contributed by atoms with van der Waals surface area (Å²) in [5.41, 5.74) is 2.33. The molecule has 2 amide bonds. The summed E-state index contributed by atoms with van der Waals surface area (Å²) in [5, 5.41) is 3.41. The van der Waals surface area contributed by atoms with Crippen molar-refractivity contribution in [3.8, 4) is 0 Å². The second-order valence-electron chi connectivity index (χ2n) is 8.64. The van der Waals surface area contributed by atoms with Crippen LogP contribution in [0.2, 0.25) is 5.02 Å². The SMILES string of the molecule is C=CCNC(=O)[C@@H](c1ccccc1)N(Cc1ccc(Cl)cc1)C(=O)CCc1ccc(S(=O)(=O)NCC)cc1. The summed E-state index contributed by atoms with van der Waals surface area (Å²) in [4.78, 5) is 28.7. The standard InChI is InChI=1S/C29H32ClN3O4S/c1-3-20-31-29(35)28(24-8-6-5-7-9-24)33(21-23-10-15-25(30)16-11-23)27(34)19-14-22-12-17-26(18-13-22)38(36,37)32-4-2/h3,5-13,15-18,28,32H,1,4,14,19-21H2,2H3,(H,31,35)/t28-/m1/s1. The Hall–Kier alpha value is -3.46. The quantitative estimate of drug-likeness (QED) is 0.301. The zero-order valence-electron chi connectivity index (χ0n) is 21.3. The van der Waals surface area contributed by atoms with E-state index < -0.39 is 16.1 Å². The van der Waals surface area contributed by atoms with Gasteiger partial charge in [0.05, 0.1) is 4.90 Å². The van der Waals surface area contributed by atoms with Gasteiger partial charge in [-0.05, 0) is 47.4 Å². The molecule has 0 aliphatic rings. The molecule has 38 heavy (non-hydrogen) atoms. The number of hydrogen-bond donors (Lipinski definition) is 2.